The summed E-state index contributed by atoms with van der Waals surface area (Å²) >= 11 is 0. The van der Waals surface area contributed by atoms with E-state index < -0.39 is 11.4 Å². The Kier molecular flexibility index (Phi) is 3.20. The third kappa shape index (κ3) is 2.07. The number of carbonyl (C=O) groups is 1. The predicted molar refractivity (Wildman–Crippen MR) is 70.8 cm³/mol. The van der Waals surface area contributed by atoms with Crippen molar-refractivity contribution >= 4 is 5.97 Å². The van der Waals surface area contributed by atoms with E-state index in [9.17, 15) is 9.90 Å². The number of carboxylic acids is 1. The molecule has 1 aromatic carbocycles. The van der Waals surface area contributed by atoms with Crippen LogP contribution in [-0.4, -0.2) is 42.3 Å². The maximum absolute atomic E-state index is 11.5. The van der Waals surface area contributed by atoms with Crippen LogP contribution in [0.2, 0.25) is 0 Å². The minimum atomic E-state index is -0.748. The molecule has 20 heavy (non-hydrogen) atoms. The van der Waals surface area contributed by atoms with Gasteiger partial charge >= 0.3 is 5.97 Å². The quantitative estimate of drug-likeness (QED) is 0.891. The maximum Gasteiger partial charge on any atom is 0.313 e. The first-order chi connectivity index (χ1) is 9.64. The number of likely N-dealkylation sites (tertiary alicyclic amines) is 1. The first-order valence-electron chi connectivity index (χ1n) is 6.66. The van der Waals surface area contributed by atoms with Crippen LogP contribution >= 0.6 is 0 Å². The number of hydrogen-bond donors (Lipinski definition) is 1. The van der Waals surface area contributed by atoms with Crippen molar-refractivity contribution in [3.05, 3.63) is 35.4 Å². The lowest BCUT2D eigenvalue weighted by Crippen LogP contribution is -2.38. The summed E-state index contributed by atoms with van der Waals surface area (Å²) in [5.41, 5.74) is 1.01. The number of rotatable bonds is 3. The smallest absolute Gasteiger partial charge is 0.313 e. The zero-order chi connectivity index (χ0) is 14.2. The second-order valence-electron chi connectivity index (χ2n) is 5.65. The van der Waals surface area contributed by atoms with E-state index in [4.69, 9.17) is 10.00 Å². The summed E-state index contributed by atoms with van der Waals surface area (Å²) in [6, 6.07) is 9.54. The normalized spacial score (nSPS) is 29.1. The van der Waals surface area contributed by atoms with E-state index in [0.717, 1.165) is 18.7 Å². The van der Waals surface area contributed by atoms with Gasteiger partial charge in [0.1, 0.15) is 5.41 Å². The number of benzene rings is 1. The van der Waals surface area contributed by atoms with Gasteiger partial charge in [0.2, 0.25) is 0 Å². The van der Waals surface area contributed by atoms with Crippen LogP contribution in [0.1, 0.15) is 11.1 Å². The molecule has 0 aromatic heterocycles. The molecule has 2 saturated heterocycles. The van der Waals surface area contributed by atoms with Crippen LogP contribution in [0.15, 0.2) is 24.3 Å². The van der Waals surface area contributed by atoms with Gasteiger partial charge < -0.3 is 9.84 Å². The Morgan fingerprint density at radius 2 is 2.25 bits per heavy atom. The van der Waals surface area contributed by atoms with Gasteiger partial charge in [0.15, 0.2) is 0 Å². The van der Waals surface area contributed by atoms with Crippen LogP contribution in [-0.2, 0) is 16.1 Å². The Balaban J connectivity index is 1.71. The minimum Gasteiger partial charge on any atom is -0.481 e. The van der Waals surface area contributed by atoms with Gasteiger partial charge in [0.05, 0.1) is 24.8 Å². The SMILES string of the molecule is N#Cc1ccc(CN2C[C@@H]3COC[C@]3(C(=O)O)C2)cc1. The van der Waals surface area contributed by atoms with Gasteiger partial charge in [-0.1, -0.05) is 12.1 Å². The third-order valence-corrected chi connectivity index (χ3v) is 4.36. The molecule has 2 atom stereocenters. The van der Waals surface area contributed by atoms with Crippen molar-refractivity contribution in [2.75, 3.05) is 26.3 Å². The fraction of sp³-hybridized carbons (Fsp3) is 0.467. The molecule has 5 nitrogen and oxygen atoms in total. The molecule has 1 N–H and O–H groups in total. The lowest BCUT2D eigenvalue weighted by molar-refractivity contribution is -0.149. The van der Waals surface area contributed by atoms with Crippen LogP contribution in [0.3, 0.4) is 0 Å². The average Bonchev–Trinajstić information content (AvgIpc) is 2.97. The minimum absolute atomic E-state index is 0.0818. The van der Waals surface area contributed by atoms with E-state index in [-0.39, 0.29) is 5.92 Å². The van der Waals surface area contributed by atoms with Crippen LogP contribution in [0.25, 0.3) is 0 Å². The topological polar surface area (TPSA) is 73.6 Å². The van der Waals surface area contributed by atoms with Crippen LogP contribution in [0.4, 0.5) is 0 Å². The summed E-state index contributed by atoms with van der Waals surface area (Å²) in [7, 11) is 0. The van der Waals surface area contributed by atoms with E-state index >= 15 is 0 Å². The number of nitriles is 1. The molecule has 2 aliphatic rings. The van der Waals surface area contributed by atoms with Gasteiger partial charge in [-0.3, -0.25) is 9.69 Å². The molecule has 0 radical (unpaired) electrons. The van der Waals surface area contributed by atoms with E-state index in [1.54, 1.807) is 12.1 Å². The molecule has 2 aliphatic heterocycles. The summed E-state index contributed by atoms with van der Waals surface area (Å²) in [5, 5.41) is 18.3. The molecule has 0 spiro atoms. The highest BCUT2D eigenvalue weighted by atomic mass is 16.5. The molecule has 1 aromatic rings. The standard InChI is InChI=1S/C15H16N2O3/c16-5-11-1-3-12(4-2-11)6-17-7-13-8-20-10-15(13,9-17)14(18)19/h1-4,13H,6-10H2,(H,18,19)/t13-,15-/m1/s1. The second kappa shape index (κ2) is 4.89. The Morgan fingerprint density at radius 1 is 1.50 bits per heavy atom. The fourth-order valence-corrected chi connectivity index (χ4v) is 3.21. The molecular formula is C15H16N2O3. The van der Waals surface area contributed by atoms with Crippen molar-refractivity contribution in [3.63, 3.8) is 0 Å². The Labute approximate surface area is 117 Å². The van der Waals surface area contributed by atoms with E-state index in [0.29, 0.717) is 25.3 Å². The first kappa shape index (κ1) is 13.1. The van der Waals surface area contributed by atoms with Crippen molar-refractivity contribution in [2.45, 2.75) is 6.54 Å². The Hall–Kier alpha value is -1.90. The first-order valence-corrected chi connectivity index (χ1v) is 6.66. The molecule has 0 bridgehead atoms. The monoisotopic (exact) mass is 272 g/mol. The third-order valence-electron chi connectivity index (χ3n) is 4.36. The van der Waals surface area contributed by atoms with Gasteiger partial charge in [-0.15, -0.1) is 0 Å². The second-order valence-corrected chi connectivity index (χ2v) is 5.65. The zero-order valence-electron chi connectivity index (χ0n) is 11.1. The van der Waals surface area contributed by atoms with Crippen LogP contribution < -0.4 is 0 Å². The Morgan fingerprint density at radius 3 is 2.85 bits per heavy atom. The number of ether oxygens (including phenoxy) is 1. The predicted octanol–water partition coefficient (Wildman–Crippen LogP) is 1.09. The van der Waals surface area contributed by atoms with Gasteiger partial charge in [-0.25, -0.2) is 0 Å². The highest BCUT2D eigenvalue weighted by molar-refractivity contribution is 5.76. The number of fused-ring (bicyclic) bond motifs is 1. The number of aliphatic carboxylic acids is 1. The van der Waals surface area contributed by atoms with Crippen LogP contribution in [0, 0.1) is 22.7 Å². The molecular weight excluding hydrogens is 256 g/mol. The van der Waals surface area contributed by atoms with E-state index in [2.05, 4.69) is 11.0 Å². The molecule has 5 heteroatoms. The van der Waals surface area contributed by atoms with Gasteiger partial charge in [0, 0.05) is 25.6 Å². The van der Waals surface area contributed by atoms with E-state index in [1.807, 2.05) is 12.1 Å². The lowest BCUT2D eigenvalue weighted by Gasteiger charge is -2.22. The van der Waals surface area contributed by atoms with Crippen molar-refractivity contribution < 1.29 is 14.6 Å². The fourth-order valence-electron chi connectivity index (χ4n) is 3.21. The van der Waals surface area contributed by atoms with Crippen LogP contribution in [0.5, 0.6) is 0 Å². The lowest BCUT2D eigenvalue weighted by atomic mass is 9.81. The molecule has 2 heterocycles. The highest BCUT2D eigenvalue weighted by Gasteiger charge is 2.55. The van der Waals surface area contributed by atoms with Crippen molar-refractivity contribution in [3.8, 4) is 6.07 Å². The molecule has 0 amide bonds. The van der Waals surface area contributed by atoms with E-state index in [1.165, 1.54) is 0 Å². The number of hydrogen-bond acceptors (Lipinski definition) is 4. The summed E-state index contributed by atoms with van der Waals surface area (Å²) in [5.74, 6) is -0.666. The largest absolute Gasteiger partial charge is 0.481 e. The molecule has 2 fully saturated rings. The van der Waals surface area contributed by atoms with Crippen molar-refractivity contribution in [1.29, 1.82) is 5.26 Å². The molecule has 3 rings (SSSR count). The summed E-state index contributed by atoms with van der Waals surface area (Å²) in [6.45, 7) is 2.86. The molecule has 0 aliphatic carbocycles. The number of carboxylic acid groups (broad SMARTS) is 1. The zero-order valence-corrected chi connectivity index (χ0v) is 11.1. The summed E-state index contributed by atoms with van der Waals surface area (Å²) in [6.07, 6.45) is 0. The van der Waals surface area contributed by atoms with Gasteiger partial charge in [-0.05, 0) is 17.7 Å². The summed E-state index contributed by atoms with van der Waals surface area (Å²) < 4.78 is 5.36. The molecule has 0 saturated carbocycles. The highest BCUT2D eigenvalue weighted by Crippen LogP contribution is 2.41. The maximum atomic E-state index is 11.5. The van der Waals surface area contributed by atoms with Gasteiger partial charge in [-0.2, -0.15) is 5.26 Å². The molecule has 0 unspecified atom stereocenters. The summed E-state index contributed by atoms with van der Waals surface area (Å²) in [4.78, 5) is 13.7. The van der Waals surface area contributed by atoms with Crippen molar-refractivity contribution in [1.82, 2.24) is 4.90 Å². The van der Waals surface area contributed by atoms with Crippen molar-refractivity contribution in [2.24, 2.45) is 11.3 Å². The van der Waals surface area contributed by atoms with Gasteiger partial charge in [0.25, 0.3) is 0 Å². The Bertz CT molecular complexity index is 563. The average molecular weight is 272 g/mol. The molecule has 104 valence electrons. The number of nitrogens with zero attached hydrogens (tertiary/aromatic N) is 2.